The second kappa shape index (κ2) is 5.57. The predicted molar refractivity (Wildman–Crippen MR) is 68.4 cm³/mol. The molecule has 1 aliphatic carbocycles. The number of hydrogen-bond donors (Lipinski definition) is 2. The molecule has 0 aromatic heterocycles. The Morgan fingerprint density at radius 1 is 1.44 bits per heavy atom. The zero-order chi connectivity index (χ0) is 13.1. The molecule has 0 saturated heterocycles. The second-order valence-corrected chi connectivity index (χ2v) is 5.10. The molecule has 0 aliphatic heterocycles. The summed E-state index contributed by atoms with van der Waals surface area (Å²) in [5, 5.41) is 12.4. The van der Waals surface area contributed by atoms with Gasteiger partial charge in [-0.2, -0.15) is 0 Å². The average molecular weight is 272 g/mol. The number of aliphatic carboxylic acids is 1. The van der Waals surface area contributed by atoms with Crippen molar-refractivity contribution in [2.24, 2.45) is 5.92 Å². The van der Waals surface area contributed by atoms with Crippen LogP contribution in [0.25, 0.3) is 0 Å². The molecule has 1 aliphatic rings. The van der Waals surface area contributed by atoms with Gasteiger partial charge >= 0.3 is 5.97 Å². The minimum Gasteiger partial charge on any atom is -0.481 e. The van der Waals surface area contributed by atoms with Crippen molar-refractivity contribution in [3.8, 4) is 0 Å². The Kier molecular flexibility index (Phi) is 4.07. The Morgan fingerprint density at radius 3 is 2.89 bits per heavy atom. The quantitative estimate of drug-likeness (QED) is 0.884. The Labute approximate surface area is 110 Å². The number of carboxylic acids is 1. The van der Waals surface area contributed by atoms with Gasteiger partial charge in [0.15, 0.2) is 0 Å². The van der Waals surface area contributed by atoms with E-state index in [-0.39, 0.29) is 12.0 Å². The van der Waals surface area contributed by atoms with Gasteiger partial charge in [-0.15, -0.1) is 0 Å². The van der Waals surface area contributed by atoms with E-state index in [1.807, 2.05) is 0 Å². The maximum Gasteiger partial charge on any atom is 0.306 e. The lowest BCUT2D eigenvalue weighted by molar-refractivity contribution is -0.142. The van der Waals surface area contributed by atoms with Gasteiger partial charge < -0.3 is 10.4 Å². The molecule has 1 aromatic carbocycles. The number of nitrogens with one attached hydrogen (secondary N) is 1. The van der Waals surface area contributed by atoms with E-state index in [0.717, 1.165) is 12.8 Å². The van der Waals surface area contributed by atoms with Crippen LogP contribution in [-0.2, 0) is 4.79 Å². The molecule has 2 rings (SSSR count). The van der Waals surface area contributed by atoms with Gasteiger partial charge in [0.1, 0.15) is 5.82 Å². The first kappa shape index (κ1) is 13.1. The maximum absolute atomic E-state index is 13.6. The summed E-state index contributed by atoms with van der Waals surface area (Å²) in [7, 11) is 0. The van der Waals surface area contributed by atoms with Gasteiger partial charge in [-0.05, 0) is 37.5 Å². The lowest BCUT2D eigenvalue weighted by atomic mass is 9.85. The van der Waals surface area contributed by atoms with Crippen molar-refractivity contribution in [1.29, 1.82) is 0 Å². The fraction of sp³-hybridized carbons (Fsp3) is 0.462. The van der Waals surface area contributed by atoms with Crippen molar-refractivity contribution in [3.63, 3.8) is 0 Å². The Bertz CT molecular complexity index is 453. The fourth-order valence-corrected chi connectivity index (χ4v) is 2.53. The summed E-state index contributed by atoms with van der Waals surface area (Å²) in [4.78, 5) is 10.9. The van der Waals surface area contributed by atoms with E-state index < -0.39 is 11.8 Å². The number of carbonyl (C=O) groups is 1. The summed E-state index contributed by atoms with van der Waals surface area (Å²) in [6.07, 6.45) is 2.96. The molecule has 5 heteroatoms. The lowest BCUT2D eigenvalue weighted by Gasteiger charge is -2.28. The van der Waals surface area contributed by atoms with Crippen molar-refractivity contribution < 1.29 is 14.3 Å². The molecular formula is C13H15ClFNO2. The normalized spacial score (nSPS) is 23.7. The van der Waals surface area contributed by atoms with E-state index in [1.165, 1.54) is 6.07 Å². The highest BCUT2D eigenvalue weighted by Crippen LogP contribution is 2.28. The average Bonchev–Trinajstić information content (AvgIpc) is 2.33. The predicted octanol–water partition coefficient (Wildman–Crippen LogP) is 3.53. The van der Waals surface area contributed by atoms with Crippen LogP contribution in [-0.4, -0.2) is 17.1 Å². The molecule has 2 atom stereocenters. The standard InChI is InChI=1S/C13H15ClFNO2/c14-9-4-5-12(11(15)7-9)16-10-3-1-2-8(6-10)13(17)18/h4-5,7-8,10,16H,1-3,6H2,(H,17,18). The zero-order valence-electron chi connectivity index (χ0n) is 9.83. The highest BCUT2D eigenvalue weighted by atomic mass is 35.5. The van der Waals surface area contributed by atoms with E-state index in [0.29, 0.717) is 23.6 Å². The molecule has 2 unspecified atom stereocenters. The molecule has 3 nitrogen and oxygen atoms in total. The maximum atomic E-state index is 13.6. The molecular weight excluding hydrogens is 257 g/mol. The van der Waals surface area contributed by atoms with Crippen LogP contribution in [0.1, 0.15) is 25.7 Å². The number of anilines is 1. The number of hydrogen-bond acceptors (Lipinski definition) is 2. The highest BCUT2D eigenvalue weighted by molar-refractivity contribution is 6.30. The smallest absolute Gasteiger partial charge is 0.306 e. The number of carboxylic acid groups (broad SMARTS) is 1. The molecule has 18 heavy (non-hydrogen) atoms. The zero-order valence-corrected chi connectivity index (χ0v) is 10.6. The summed E-state index contributed by atoms with van der Waals surface area (Å²) in [5.41, 5.74) is 0.385. The van der Waals surface area contributed by atoms with Gasteiger partial charge in [0, 0.05) is 11.1 Å². The Hall–Kier alpha value is -1.29. The molecule has 0 radical (unpaired) electrons. The van der Waals surface area contributed by atoms with Crippen LogP contribution in [0.4, 0.5) is 10.1 Å². The van der Waals surface area contributed by atoms with Crippen molar-refractivity contribution in [2.75, 3.05) is 5.32 Å². The van der Waals surface area contributed by atoms with Crippen molar-refractivity contribution >= 4 is 23.3 Å². The molecule has 1 saturated carbocycles. The first-order chi connectivity index (χ1) is 8.56. The number of halogens is 2. The van der Waals surface area contributed by atoms with Crippen molar-refractivity contribution in [3.05, 3.63) is 29.0 Å². The molecule has 1 fully saturated rings. The summed E-state index contributed by atoms with van der Waals surface area (Å²) in [5.74, 6) is -1.50. The number of rotatable bonds is 3. The van der Waals surface area contributed by atoms with Gasteiger partial charge in [-0.3, -0.25) is 4.79 Å². The Morgan fingerprint density at radius 2 is 2.22 bits per heavy atom. The molecule has 98 valence electrons. The molecule has 2 N–H and O–H groups in total. The largest absolute Gasteiger partial charge is 0.481 e. The van der Waals surface area contributed by atoms with E-state index in [1.54, 1.807) is 12.1 Å². The monoisotopic (exact) mass is 271 g/mol. The summed E-state index contributed by atoms with van der Waals surface area (Å²) in [6.45, 7) is 0. The summed E-state index contributed by atoms with van der Waals surface area (Å²) < 4.78 is 13.6. The topological polar surface area (TPSA) is 49.3 Å². The third-order valence-corrected chi connectivity index (χ3v) is 3.55. The van der Waals surface area contributed by atoms with Crippen LogP contribution in [0.2, 0.25) is 5.02 Å². The molecule has 0 spiro atoms. The second-order valence-electron chi connectivity index (χ2n) is 4.67. The first-order valence-corrected chi connectivity index (χ1v) is 6.38. The van der Waals surface area contributed by atoms with Crippen molar-refractivity contribution in [2.45, 2.75) is 31.7 Å². The van der Waals surface area contributed by atoms with Gasteiger partial charge in [-0.1, -0.05) is 18.0 Å². The van der Waals surface area contributed by atoms with Gasteiger partial charge in [0.2, 0.25) is 0 Å². The van der Waals surface area contributed by atoms with Crippen LogP contribution >= 0.6 is 11.6 Å². The van der Waals surface area contributed by atoms with Crippen LogP contribution in [0.3, 0.4) is 0 Å². The van der Waals surface area contributed by atoms with Crippen LogP contribution in [0, 0.1) is 11.7 Å². The van der Waals surface area contributed by atoms with E-state index in [4.69, 9.17) is 16.7 Å². The minimum absolute atomic E-state index is 0.00975. The molecule has 0 heterocycles. The number of benzene rings is 1. The van der Waals surface area contributed by atoms with Crippen LogP contribution in [0.15, 0.2) is 18.2 Å². The van der Waals surface area contributed by atoms with E-state index in [9.17, 15) is 9.18 Å². The molecule has 0 bridgehead atoms. The van der Waals surface area contributed by atoms with Gasteiger partial charge in [0.05, 0.1) is 11.6 Å². The highest BCUT2D eigenvalue weighted by Gasteiger charge is 2.27. The summed E-state index contributed by atoms with van der Waals surface area (Å²) in [6, 6.07) is 4.46. The Balaban J connectivity index is 2.02. The summed E-state index contributed by atoms with van der Waals surface area (Å²) >= 11 is 5.68. The van der Waals surface area contributed by atoms with Crippen LogP contribution < -0.4 is 5.32 Å². The minimum atomic E-state index is -0.766. The van der Waals surface area contributed by atoms with Crippen molar-refractivity contribution in [1.82, 2.24) is 0 Å². The molecule has 1 aromatic rings. The lowest BCUT2D eigenvalue weighted by Crippen LogP contribution is -2.31. The third-order valence-electron chi connectivity index (χ3n) is 3.31. The van der Waals surface area contributed by atoms with Crippen LogP contribution in [0.5, 0.6) is 0 Å². The van der Waals surface area contributed by atoms with Gasteiger partial charge in [0.25, 0.3) is 0 Å². The third kappa shape index (κ3) is 3.13. The van der Waals surface area contributed by atoms with E-state index >= 15 is 0 Å². The van der Waals surface area contributed by atoms with E-state index in [2.05, 4.69) is 5.32 Å². The molecule has 0 amide bonds. The fourth-order valence-electron chi connectivity index (χ4n) is 2.37. The SMILES string of the molecule is O=C(O)C1CCCC(Nc2ccc(Cl)cc2F)C1. The van der Waals surface area contributed by atoms with Gasteiger partial charge in [-0.25, -0.2) is 4.39 Å². The first-order valence-electron chi connectivity index (χ1n) is 6.00.